The predicted octanol–water partition coefficient (Wildman–Crippen LogP) is -0.304. The van der Waals surface area contributed by atoms with E-state index in [0.29, 0.717) is 0 Å². The summed E-state index contributed by atoms with van der Waals surface area (Å²) in [6.07, 6.45) is 0. The number of hydrogen-bond donors (Lipinski definition) is 0. The summed E-state index contributed by atoms with van der Waals surface area (Å²) in [4.78, 5) is 0. The van der Waals surface area contributed by atoms with E-state index in [4.69, 9.17) is 0 Å². The van der Waals surface area contributed by atoms with Gasteiger partial charge in [0.2, 0.25) is 0 Å². The van der Waals surface area contributed by atoms with E-state index in [2.05, 4.69) is 0 Å². The molecule has 0 fully saturated rings. The molecule has 0 aliphatic heterocycles. The third kappa shape index (κ3) is 163. The van der Waals surface area contributed by atoms with Gasteiger partial charge < -0.3 is 94.5 Å². The zero-order chi connectivity index (χ0) is 0. The Balaban J connectivity index is 0. The minimum Gasteiger partial charge on any atom is -1.00 e. The zero-order valence-corrected chi connectivity index (χ0v) is 20.4. The molecule has 109 valence electrons. The van der Waals surface area contributed by atoms with Crippen molar-refractivity contribution in [2.24, 2.45) is 0 Å². The SMILES string of the molecule is [Fe+2].[Fe+3].[Fe].[Fe].[Fe].[Fe].[Fe].[Fe].[S-].[S-].[S-].[S-].[S-].[S-].[SH-]. The maximum Gasteiger partial charge on any atom is 3.00 e. The van der Waals surface area contributed by atoms with E-state index in [1.54, 1.807) is 0 Å². The molecule has 0 unspecified atom stereocenters. The van der Waals surface area contributed by atoms with Gasteiger partial charge in [0.15, 0.2) is 0 Å². The molecular weight excluding hydrogens is 671 g/mol. The van der Waals surface area contributed by atoms with Crippen LogP contribution in [0, 0.1) is 0 Å². The first-order chi connectivity index (χ1) is 0. The third-order valence-corrected chi connectivity index (χ3v) is 0. The quantitative estimate of drug-likeness (QED) is 0.194. The zero-order valence-electron chi connectivity index (χ0n) is 5.73. The Hall–Kier alpha value is 6.61. The first-order valence-corrected chi connectivity index (χ1v) is 0. The average molecular weight is 672 g/mol. The Morgan fingerprint density at radius 1 is 0.333 bits per heavy atom. The molecule has 0 amide bonds. The van der Waals surface area contributed by atoms with Crippen LogP contribution < -0.4 is 0 Å². The van der Waals surface area contributed by atoms with E-state index in [0.717, 1.165) is 0 Å². The Bertz CT molecular complexity index is 15.0. The van der Waals surface area contributed by atoms with Crippen LogP contribution in [0.2, 0.25) is 0 Å². The van der Waals surface area contributed by atoms with Gasteiger partial charge in [-0.15, -0.1) is 0 Å². The Morgan fingerprint density at radius 3 is 0.333 bits per heavy atom. The monoisotopic (exact) mass is 672 g/mol. The molecule has 0 nitrogen and oxygen atoms in total. The van der Waals surface area contributed by atoms with Crippen molar-refractivity contribution in [3.63, 3.8) is 0 Å². The van der Waals surface area contributed by atoms with E-state index in [-0.39, 0.29) is 231 Å². The van der Waals surface area contributed by atoms with Crippen LogP contribution in [0.1, 0.15) is 0 Å². The molecule has 0 bridgehead atoms. The second-order valence-corrected chi connectivity index (χ2v) is 0. The summed E-state index contributed by atoms with van der Waals surface area (Å²) in [5.41, 5.74) is 0. The van der Waals surface area contributed by atoms with Crippen molar-refractivity contribution in [1.82, 2.24) is 0 Å². The Kier molecular flexibility index (Phi) is 2540. The van der Waals surface area contributed by atoms with Gasteiger partial charge in [-0.25, -0.2) is 0 Å². The fourth-order valence-electron chi connectivity index (χ4n) is 0. The maximum atomic E-state index is 0. The van der Waals surface area contributed by atoms with Crippen molar-refractivity contribution in [2.45, 2.75) is 0 Å². The van der Waals surface area contributed by atoms with E-state index >= 15 is 0 Å². The van der Waals surface area contributed by atoms with Crippen molar-refractivity contribution < 1.29 is 137 Å². The van der Waals surface area contributed by atoms with Crippen LogP contribution in [0.15, 0.2) is 0 Å². The molecule has 0 aromatic rings. The van der Waals surface area contributed by atoms with Crippen LogP contribution in [0.25, 0.3) is 0 Å². The Morgan fingerprint density at radius 2 is 0.333 bits per heavy atom. The van der Waals surface area contributed by atoms with Gasteiger partial charge in [-0.2, -0.15) is 0 Å². The molecule has 0 rings (SSSR count). The molecule has 0 saturated heterocycles. The van der Waals surface area contributed by atoms with Crippen LogP contribution in [0.3, 0.4) is 0 Å². The summed E-state index contributed by atoms with van der Waals surface area (Å²) in [6.45, 7) is 0. The fourth-order valence-corrected chi connectivity index (χ4v) is 0. The van der Waals surface area contributed by atoms with Crippen LogP contribution in [0.5, 0.6) is 0 Å². The van der Waals surface area contributed by atoms with Crippen molar-refractivity contribution in [1.29, 1.82) is 0 Å². The summed E-state index contributed by atoms with van der Waals surface area (Å²) < 4.78 is 0. The van der Waals surface area contributed by atoms with E-state index < -0.39 is 0 Å². The summed E-state index contributed by atoms with van der Waals surface area (Å²) in [5, 5.41) is 0. The summed E-state index contributed by atoms with van der Waals surface area (Å²) >= 11 is 0. The molecule has 0 aromatic heterocycles. The topological polar surface area (TPSA) is 0 Å². The molecule has 15 heteroatoms. The van der Waals surface area contributed by atoms with Crippen LogP contribution in [0.4, 0.5) is 0 Å². The molecule has 0 heterocycles. The largest absolute Gasteiger partial charge is 3.00 e. The molecule has 15 heavy (non-hydrogen) atoms. The first kappa shape index (κ1) is 210. The van der Waals surface area contributed by atoms with Gasteiger partial charge in [-0.1, -0.05) is 0 Å². The number of hydrogen-bond acceptors (Lipinski definition) is 7. The fraction of sp³-hybridized carbons (Fsp3) is 0. The van der Waals surface area contributed by atoms with E-state index in [1.165, 1.54) is 0 Å². The van der Waals surface area contributed by atoms with Crippen molar-refractivity contribution in [2.75, 3.05) is 0 Å². The van der Waals surface area contributed by atoms with Crippen LogP contribution in [-0.2, 0) is 231 Å². The molecule has 7 radical (unpaired) electrons. The van der Waals surface area contributed by atoms with Crippen LogP contribution in [-0.4, -0.2) is 0 Å². The van der Waals surface area contributed by atoms with E-state index in [1.807, 2.05) is 0 Å². The van der Waals surface area contributed by atoms with Gasteiger partial charge in [0.1, 0.15) is 0 Å². The van der Waals surface area contributed by atoms with Crippen molar-refractivity contribution >= 4 is 94.5 Å². The van der Waals surface area contributed by atoms with Gasteiger partial charge >= 0.3 is 34.1 Å². The average Bonchev–Trinajstić information content (AvgIpc) is 0. The molecule has 0 aliphatic carbocycles. The first-order valence-electron chi connectivity index (χ1n) is 0. The van der Waals surface area contributed by atoms with Gasteiger partial charge in [-0.3, -0.25) is 0 Å². The summed E-state index contributed by atoms with van der Waals surface area (Å²) in [5.74, 6) is 0. The van der Waals surface area contributed by atoms with Gasteiger partial charge in [0.25, 0.3) is 0 Å². The number of thiol groups is 1. The molecule has 0 aromatic carbocycles. The molecule has 0 spiro atoms. The van der Waals surface area contributed by atoms with Gasteiger partial charge in [-0.05, 0) is 0 Å². The van der Waals surface area contributed by atoms with Crippen molar-refractivity contribution in [3.8, 4) is 0 Å². The normalized spacial score (nSPS) is 0. The predicted molar refractivity (Wildman–Crippen MR) is 53.0 cm³/mol. The standard InChI is InChI=1S/8Fe.H2S.6S/h;;;;;;;;1H2;;;;;;/q;;;;;;+2;+3;;6*-1/p-1. The molecule has 0 aliphatic rings. The van der Waals surface area contributed by atoms with Gasteiger partial charge in [0.05, 0.1) is 0 Å². The molecule has 0 saturated carbocycles. The van der Waals surface area contributed by atoms with Crippen molar-refractivity contribution in [3.05, 3.63) is 0 Å². The van der Waals surface area contributed by atoms with Crippen LogP contribution >= 0.6 is 0 Å². The Labute approximate surface area is 226 Å². The van der Waals surface area contributed by atoms with Gasteiger partial charge in [0, 0.05) is 102 Å². The second kappa shape index (κ2) is 182. The number of rotatable bonds is 0. The summed E-state index contributed by atoms with van der Waals surface area (Å²) in [7, 11) is 0. The summed E-state index contributed by atoms with van der Waals surface area (Å²) in [6, 6.07) is 0. The smallest absolute Gasteiger partial charge is 1.00 e. The minimum atomic E-state index is 0. The maximum absolute atomic E-state index is 0. The minimum absolute atomic E-state index is 0. The molecule has 0 N–H and O–H groups in total. The second-order valence-electron chi connectivity index (χ2n) is 0. The molecule has 0 atom stereocenters. The van der Waals surface area contributed by atoms with E-state index in [9.17, 15) is 0 Å². The molecular formula is HFe8S7-2. The third-order valence-electron chi connectivity index (χ3n) is 0.